The largest absolute Gasteiger partial charge is 0.326 e. The van der Waals surface area contributed by atoms with Crippen molar-refractivity contribution in [3.8, 4) is 0 Å². The maximum Gasteiger partial charge on any atom is 0.228 e. The van der Waals surface area contributed by atoms with Crippen molar-refractivity contribution in [2.45, 2.75) is 19.8 Å². The van der Waals surface area contributed by atoms with Gasteiger partial charge in [-0.2, -0.15) is 0 Å². The van der Waals surface area contributed by atoms with E-state index in [1.807, 2.05) is 12.1 Å². The van der Waals surface area contributed by atoms with E-state index < -0.39 is 0 Å². The van der Waals surface area contributed by atoms with E-state index in [0.29, 0.717) is 0 Å². The lowest BCUT2D eigenvalue weighted by molar-refractivity contribution is -0.119. The first-order valence-electron chi connectivity index (χ1n) is 5.90. The summed E-state index contributed by atoms with van der Waals surface area (Å²) in [4.78, 5) is 11.8. The van der Waals surface area contributed by atoms with Crippen LogP contribution in [0.25, 0.3) is 0 Å². The van der Waals surface area contributed by atoms with Crippen LogP contribution in [0.4, 0.5) is 5.69 Å². The van der Waals surface area contributed by atoms with Crippen LogP contribution in [-0.2, 0) is 11.2 Å². The molecule has 1 aliphatic rings. The van der Waals surface area contributed by atoms with Gasteiger partial charge in [-0.05, 0) is 37.1 Å². The molecule has 1 aromatic rings. The minimum Gasteiger partial charge on any atom is -0.326 e. The fraction of sp³-hybridized carbons (Fsp3) is 0.462. The zero-order valence-corrected chi connectivity index (χ0v) is 10.8. The minimum absolute atomic E-state index is 0. The van der Waals surface area contributed by atoms with Crippen LogP contribution in [0.15, 0.2) is 24.3 Å². The molecule has 1 aliphatic heterocycles. The summed E-state index contributed by atoms with van der Waals surface area (Å²) in [5.74, 6) is 0.264. The van der Waals surface area contributed by atoms with Gasteiger partial charge in [0.25, 0.3) is 0 Å². The molecular weight excluding hydrogens is 236 g/mol. The molecule has 1 heterocycles. The highest BCUT2D eigenvalue weighted by Crippen LogP contribution is 2.14. The monoisotopic (exact) mass is 254 g/mol. The van der Waals surface area contributed by atoms with Crippen molar-refractivity contribution < 1.29 is 4.79 Å². The van der Waals surface area contributed by atoms with Gasteiger partial charge in [0.05, 0.1) is 5.92 Å². The number of rotatable bonds is 3. The average molecular weight is 255 g/mol. The summed E-state index contributed by atoms with van der Waals surface area (Å²) in [6, 6.07) is 8.06. The maximum atomic E-state index is 11.8. The number of carbonyl (C=O) groups is 1. The molecule has 17 heavy (non-hydrogen) atoms. The highest BCUT2D eigenvalue weighted by atomic mass is 35.5. The Morgan fingerprint density at radius 1 is 1.41 bits per heavy atom. The van der Waals surface area contributed by atoms with Crippen molar-refractivity contribution >= 4 is 24.0 Å². The molecule has 0 bridgehead atoms. The Bertz CT molecular complexity index is 358. The number of amides is 1. The van der Waals surface area contributed by atoms with Gasteiger partial charge in [-0.1, -0.05) is 19.1 Å². The van der Waals surface area contributed by atoms with Gasteiger partial charge >= 0.3 is 0 Å². The van der Waals surface area contributed by atoms with Crippen LogP contribution >= 0.6 is 12.4 Å². The molecule has 0 spiro atoms. The van der Waals surface area contributed by atoms with E-state index in [0.717, 1.165) is 31.6 Å². The van der Waals surface area contributed by atoms with Gasteiger partial charge in [-0.25, -0.2) is 0 Å². The zero-order valence-electron chi connectivity index (χ0n) is 10.0. The van der Waals surface area contributed by atoms with E-state index in [2.05, 4.69) is 29.7 Å². The predicted octanol–water partition coefficient (Wildman–Crippen LogP) is 2.22. The standard InChI is InChI=1S/C13H18N2O.ClH/c1-2-10-3-5-12(6-4-10)15-13(16)11-7-8-14-9-11;/h3-6,11,14H,2,7-9H2,1H3,(H,15,16);1H. The van der Waals surface area contributed by atoms with E-state index in [1.54, 1.807) is 0 Å². The predicted molar refractivity (Wildman–Crippen MR) is 72.7 cm³/mol. The van der Waals surface area contributed by atoms with Gasteiger partial charge in [0.1, 0.15) is 0 Å². The van der Waals surface area contributed by atoms with Gasteiger partial charge in [0.15, 0.2) is 0 Å². The summed E-state index contributed by atoms with van der Waals surface area (Å²) in [6.45, 7) is 3.88. The summed E-state index contributed by atoms with van der Waals surface area (Å²) >= 11 is 0. The van der Waals surface area contributed by atoms with E-state index in [1.165, 1.54) is 5.56 Å². The average Bonchev–Trinajstić information content (AvgIpc) is 2.83. The Morgan fingerprint density at radius 3 is 2.65 bits per heavy atom. The van der Waals surface area contributed by atoms with Gasteiger partial charge in [0.2, 0.25) is 5.91 Å². The number of nitrogens with one attached hydrogen (secondary N) is 2. The fourth-order valence-electron chi connectivity index (χ4n) is 1.95. The topological polar surface area (TPSA) is 41.1 Å². The lowest BCUT2D eigenvalue weighted by atomic mass is 10.1. The van der Waals surface area contributed by atoms with Crippen molar-refractivity contribution in [1.29, 1.82) is 0 Å². The second kappa shape index (κ2) is 6.62. The van der Waals surface area contributed by atoms with Gasteiger partial charge in [-0.3, -0.25) is 4.79 Å². The normalized spacial score (nSPS) is 18.5. The first kappa shape index (κ1) is 14.0. The molecule has 2 rings (SSSR count). The molecule has 0 aromatic heterocycles. The van der Waals surface area contributed by atoms with Crippen LogP contribution in [0.5, 0.6) is 0 Å². The molecular formula is C13H19ClN2O. The number of hydrogen-bond donors (Lipinski definition) is 2. The maximum absolute atomic E-state index is 11.8. The first-order chi connectivity index (χ1) is 7.79. The van der Waals surface area contributed by atoms with E-state index >= 15 is 0 Å². The van der Waals surface area contributed by atoms with Crippen LogP contribution in [0.3, 0.4) is 0 Å². The quantitative estimate of drug-likeness (QED) is 0.869. The summed E-state index contributed by atoms with van der Waals surface area (Å²) < 4.78 is 0. The lowest BCUT2D eigenvalue weighted by Crippen LogP contribution is -2.24. The molecule has 1 fully saturated rings. The van der Waals surface area contributed by atoms with E-state index in [4.69, 9.17) is 0 Å². The van der Waals surface area contributed by atoms with Gasteiger partial charge in [0, 0.05) is 12.2 Å². The number of halogens is 1. The van der Waals surface area contributed by atoms with Crippen LogP contribution in [0, 0.1) is 5.92 Å². The third kappa shape index (κ3) is 3.72. The first-order valence-corrected chi connectivity index (χ1v) is 5.90. The Balaban J connectivity index is 0.00000144. The molecule has 1 unspecified atom stereocenters. The summed E-state index contributed by atoms with van der Waals surface area (Å²) in [6.07, 6.45) is 1.97. The number of benzene rings is 1. The molecule has 1 atom stereocenters. The van der Waals surface area contributed by atoms with Gasteiger partial charge < -0.3 is 10.6 Å². The third-order valence-corrected chi connectivity index (χ3v) is 3.06. The highest BCUT2D eigenvalue weighted by molar-refractivity contribution is 5.92. The Hall–Kier alpha value is -1.06. The smallest absolute Gasteiger partial charge is 0.228 e. The van der Waals surface area contributed by atoms with Crippen LogP contribution in [0.1, 0.15) is 18.9 Å². The third-order valence-electron chi connectivity index (χ3n) is 3.06. The number of carbonyl (C=O) groups excluding carboxylic acids is 1. The molecule has 4 heteroatoms. The zero-order chi connectivity index (χ0) is 11.4. The Kier molecular flexibility index (Phi) is 5.45. The molecule has 1 aromatic carbocycles. The molecule has 94 valence electrons. The Labute approximate surface area is 108 Å². The van der Waals surface area contributed by atoms with Gasteiger partial charge in [-0.15, -0.1) is 12.4 Å². The van der Waals surface area contributed by atoms with Crippen molar-refractivity contribution in [3.63, 3.8) is 0 Å². The number of anilines is 1. The molecule has 0 saturated carbocycles. The SMILES string of the molecule is CCc1ccc(NC(=O)C2CCNC2)cc1.Cl. The molecule has 0 radical (unpaired) electrons. The fourth-order valence-corrected chi connectivity index (χ4v) is 1.95. The van der Waals surface area contributed by atoms with Crippen LogP contribution < -0.4 is 10.6 Å². The lowest BCUT2D eigenvalue weighted by Gasteiger charge is -2.10. The van der Waals surface area contributed by atoms with Crippen molar-refractivity contribution in [2.24, 2.45) is 5.92 Å². The highest BCUT2D eigenvalue weighted by Gasteiger charge is 2.22. The second-order valence-electron chi connectivity index (χ2n) is 4.23. The summed E-state index contributed by atoms with van der Waals surface area (Å²) in [7, 11) is 0. The van der Waals surface area contributed by atoms with E-state index in [-0.39, 0.29) is 24.2 Å². The van der Waals surface area contributed by atoms with Crippen molar-refractivity contribution in [3.05, 3.63) is 29.8 Å². The molecule has 1 amide bonds. The number of hydrogen-bond acceptors (Lipinski definition) is 2. The second-order valence-corrected chi connectivity index (χ2v) is 4.23. The molecule has 2 N–H and O–H groups in total. The van der Waals surface area contributed by atoms with Crippen LogP contribution in [-0.4, -0.2) is 19.0 Å². The van der Waals surface area contributed by atoms with E-state index in [9.17, 15) is 4.79 Å². The Morgan fingerprint density at radius 2 is 2.12 bits per heavy atom. The summed E-state index contributed by atoms with van der Waals surface area (Å²) in [5.41, 5.74) is 2.19. The minimum atomic E-state index is 0. The molecule has 1 saturated heterocycles. The number of aryl methyl sites for hydroxylation is 1. The van der Waals surface area contributed by atoms with Crippen molar-refractivity contribution in [1.82, 2.24) is 5.32 Å². The molecule has 3 nitrogen and oxygen atoms in total. The molecule has 0 aliphatic carbocycles. The van der Waals surface area contributed by atoms with Crippen molar-refractivity contribution in [2.75, 3.05) is 18.4 Å². The summed E-state index contributed by atoms with van der Waals surface area (Å²) in [5, 5.41) is 6.15. The van der Waals surface area contributed by atoms with Crippen LogP contribution in [0.2, 0.25) is 0 Å².